The highest BCUT2D eigenvalue weighted by Crippen LogP contribution is 2.30. The van der Waals surface area contributed by atoms with Crippen molar-refractivity contribution in [3.8, 4) is 11.1 Å². The molecule has 0 fully saturated rings. The molecular weight excluding hydrogens is 468 g/mol. The Kier molecular flexibility index (Phi) is 10.3. The highest BCUT2D eigenvalue weighted by Gasteiger charge is 2.24. The molecule has 7 nitrogen and oxygen atoms in total. The molecule has 1 aromatic heterocycles. The SMILES string of the molecule is CCCCc1nc(Cl)c(C(OC)OCCOC)n1Cc1ccc(-c2ccccc2C(=O)OC)cc1. The van der Waals surface area contributed by atoms with Gasteiger partial charge in [0.25, 0.3) is 0 Å². The van der Waals surface area contributed by atoms with E-state index in [4.69, 9.17) is 30.5 Å². The molecule has 0 spiro atoms. The van der Waals surface area contributed by atoms with Crippen LogP contribution in [0.1, 0.15) is 53.5 Å². The molecule has 0 amide bonds. The minimum absolute atomic E-state index is 0.359. The van der Waals surface area contributed by atoms with Crippen LogP contribution < -0.4 is 0 Å². The van der Waals surface area contributed by atoms with Gasteiger partial charge in [-0.2, -0.15) is 0 Å². The van der Waals surface area contributed by atoms with Crippen molar-refractivity contribution < 1.29 is 23.7 Å². The van der Waals surface area contributed by atoms with Gasteiger partial charge in [0, 0.05) is 27.2 Å². The molecule has 0 aliphatic heterocycles. The van der Waals surface area contributed by atoms with Gasteiger partial charge >= 0.3 is 5.97 Å². The van der Waals surface area contributed by atoms with Gasteiger partial charge in [0.1, 0.15) is 11.5 Å². The molecule has 8 heteroatoms. The summed E-state index contributed by atoms with van der Waals surface area (Å²) < 4.78 is 23.6. The second-order valence-corrected chi connectivity index (χ2v) is 8.42. The van der Waals surface area contributed by atoms with E-state index in [-0.39, 0.29) is 5.97 Å². The summed E-state index contributed by atoms with van der Waals surface area (Å²) in [6.07, 6.45) is 2.19. The van der Waals surface area contributed by atoms with Gasteiger partial charge in [-0.1, -0.05) is 67.4 Å². The quantitative estimate of drug-likeness (QED) is 0.170. The van der Waals surface area contributed by atoms with Crippen molar-refractivity contribution in [1.82, 2.24) is 9.55 Å². The van der Waals surface area contributed by atoms with E-state index in [1.54, 1.807) is 20.3 Å². The first-order chi connectivity index (χ1) is 17.0. The molecular formula is C27H33ClN2O5. The number of aromatic nitrogens is 2. The Hall–Kier alpha value is -2.71. The van der Waals surface area contributed by atoms with Crippen LogP contribution in [0.5, 0.6) is 0 Å². The number of benzene rings is 2. The van der Waals surface area contributed by atoms with Crippen LogP contribution in [0, 0.1) is 0 Å². The number of aryl methyl sites for hydroxylation is 1. The number of nitrogens with zero attached hydrogens (tertiary/aromatic N) is 2. The summed E-state index contributed by atoms with van der Waals surface area (Å²) in [6, 6.07) is 15.5. The topological polar surface area (TPSA) is 71.8 Å². The first kappa shape index (κ1) is 26.9. The fourth-order valence-corrected chi connectivity index (χ4v) is 4.19. The van der Waals surface area contributed by atoms with E-state index in [1.807, 2.05) is 42.5 Å². The van der Waals surface area contributed by atoms with Gasteiger partial charge in [-0.25, -0.2) is 9.78 Å². The molecule has 0 radical (unpaired) electrons. The van der Waals surface area contributed by atoms with Gasteiger partial charge in [0.15, 0.2) is 5.15 Å². The molecule has 0 bridgehead atoms. The average molecular weight is 501 g/mol. The molecule has 1 heterocycles. The zero-order valence-electron chi connectivity index (χ0n) is 20.8. The van der Waals surface area contributed by atoms with Crippen molar-refractivity contribution in [3.63, 3.8) is 0 Å². The van der Waals surface area contributed by atoms with Crippen LogP contribution in [-0.2, 0) is 31.9 Å². The zero-order chi connectivity index (χ0) is 25.2. The van der Waals surface area contributed by atoms with E-state index >= 15 is 0 Å². The number of hydrogen-bond acceptors (Lipinski definition) is 6. The van der Waals surface area contributed by atoms with E-state index in [0.717, 1.165) is 41.8 Å². The summed E-state index contributed by atoms with van der Waals surface area (Å²) >= 11 is 6.58. The number of hydrogen-bond donors (Lipinski definition) is 0. The maximum atomic E-state index is 12.2. The smallest absolute Gasteiger partial charge is 0.338 e. The van der Waals surface area contributed by atoms with Crippen LogP contribution >= 0.6 is 11.6 Å². The largest absolute Gasteiger partial charge is 0.465 e. The van der Waals surface area contributed by atoms with Crippen molar-refractivity contribution in [1.29, 1.82) is 0 Å². The molecule has 0 saturated carbocycles. The van der Waals surface area contributed by atoms with Crippen molar-refractivity contribution in [2.24, 2.45) is 0 Å². The molecule has 0 saturated heterocycles. The summed E-state index contributed by atoms with van der Waals surface area (Å²) in [7, 11) is 4.60. The molecule has 1 atom stereocenters. The van der Waals surface area contributed by atoms with Crippen LogP contribution in [0.25, 0.3) is 11.1 Å². The van der Waals surface area contributed by atoms with Crippen LogP contribution in [0.15, 0.2) is 48.5 Å². The Morgan fingerprint density at radius 2 is 1.80 bits per heavy atom. The average Bonchev–Trinajstić information content (AvgIpc) is 3.19. The third-order valence-corrected chi connectivity index (χ3v) is 6.01. The van der Waals surface area contributed by atoms with E-state index in [1.165, 1.54) is 7.11 Å². The van der Waals surface area contributed by atoms with Gasteiger partial charge in [-0.05, 0) is 29.2 Å². The van der Waals surface area contributed by atoms with Crippen LogP contribution in [-0.4, -0.2) is 50.1 Å². The third-order valence-electron chi connectivity index (χ3n) is 5.73. The molecule has 3 rings (SSSR count). The Labute approximate surface area is 211 Å². The number of rotatable bonds is 13. The van der Waals surface area contributed by atoms with Crippen LogP contribution in [0.3, 0.4) is 0 Å². The van der Waals surface area contributed by atoms with E-state index in [0.29, 0.717) is 36.2 Å². The van der Waals surface area contributed by atoms with Crippen LogP contribution in [0.2, 0.25) is 5.15 Å². The first-order valence-electron chi connectivity index (χ1n) is 11.7. The number of halogens is 1. The fraction of sp³-hybridized carbons (Fsp3) is 0.407. The standard InChI is InChI=1S/C27H33ClN2O5/c1-5-6-11-23-29-25(28)24(27(34-4)35-17-16-32-2)30(23)18-19-12-14-20(15-13-19)21-9-7-8-10-22(21)26(31)33-3/h7-10,12-15,27H,5-6,11,16-18H2,1-4H3. The number of methoxy groups -OCH3 is 3. The molecule has 0 aliphatic carbocycles. The second-order valence-electron chi connectivity index (χ2n) is 8.06. The molecule has 188 valence electrons. The summed E-state index contributed by atoms with van der Waals surface area (Å²) in [6.45, 7) is 3.52. The number of ether oxygens (including phenoxy) is 4. The van der Waals surface area contributed by atoms with E-state index in [2.05, 4.69) is 16.5 Å². The number of carbonyl (C=O) groups is 1. The Morgan fingerprint density at radius 3 is 2.46 bits per heavy atom. The lowest BCUT2D eigenvalue weighted by Gasteiger charge is -2.20. The van der Waals surface area contributed by atoms with Crippen molar-refractivity contribution >= 4 is 17.6 Å². The minimum atomic E-state index is -0.660. The normalized spacial score (nSPS) is 12.0. The second kappa shape index (κ2) is 13.4. The van der Waals surface area contributed by atoms with Crippen LogP contribution in [0.4, 0.5) is 0 Å². The summed E-state index contributed by atoms with van der Waals surface area (Å²) in [5.74, 6) is 0.534. The van der Waals surface area contributed by atoms with Gasteiger partial charge in [0.2, 0.25) is 6.29 Å². The van der Waals surface area contributed by atoms with Crippen molar-refractivity contribution in [2.45, 2.75) is 39.0 Å². The van der Waals surface area contributed by atoms with E-state index < -0.39 is 6.29 Å². The monoisotopic (exact) mass is 500 g/mol. The summed E-state index contributed by atoms with van der Waals surface area (Å²) in [5, 5.41) is 0.379. The predicted octanol–water partition coefficient (Wildman–Crippen LogP) is 5.69. The molecule has 1 unspecified atom stereocenters. The lowest BCUT2D eigenvalue weighted by molar-refractivity contribution is -0.139. The third kappa shape index (κ3) is 6.70. The van der Waals surface area contributed by atoms with Gasteiger partial charge < -0.3 is 23.5 Å². The molecule has 35 heavy (non-hydrogen) atoms. The maximum absolute atomic E-state index is 12.2. The number of carbonyl (C=O) groups excluding carboxylic acids is 1. The van der Waals surface area contributed by atoms with Gasteiger partial charge in [-0.3, -0.25) is 0 Å². The Morgan fingerprint density at radius 1 is 1.06 bits per heavy atom. The molecule has 3 aromatic rings. The number of unbranched alkanes of at least 4 members (excludes halogenated alkanes) is 1. The summed E-state index contributed by atoms with van der Waals surface area (Å²) in [5.41, 5.74) is 4.04. The predicted molar refractivity (Wildman–Crippen MR) is 136 cm³/mol. The Bertz CT molecular complexity index is 1100. The van der Waals surface area contributed by atoms with Gasteiger partial charge in [-0.15, -0.1) is 0 Å². The Balaban J connectivity index is 1.92. The molecule has 0 N–H and O–H groups in total. The highest BCUT2D eigenvalue weighted by atomic mass is 35.5. The fourth-order valence-electron chi connectivity index (χ4n) is 3.90. The first-order valence-corrected chi connectivity index (χ1v) is 12.1. The zero-order valence-corrected chi connectivity index (χ0v) is 21.5. The lowest BCUT2D eigenvalue weighted by atomic mass is 9.98. The highest BCUT2D eigenvalue weighted by molar-refractivity contribution is 6.30. The number of esters is 1. The minimum Gasteiger partial charge on any atom is -0.465 e. The van der Waals surface area contributed by atoms with Gasteiger partial charge in [0.05, 0.1) is 25.9 Å². The molecule has 0 aliphatic rings. The molecule has 2 aromatic carbocycles. The summed E-state index contributed by atoms with van der Waals surface area (Å²) in [4.78, 5) is 16.8. The van der Waals surface area contributed by atoms with Crippen molar-refractivity contribution in [2.75, 3.05) is 34.5 Å². The number of imidazole rings is 1. The van der Waals surface area contributed by atoms with E-state index in [9.17, 15) is 4.79 Å². The van der Waals surface area contributed by atoms with Crippen molar-refractivity contribution in [3.05, 3.63) is 76.3 Å². The lowest BCUT2D eigenvalue weighted by Crippen LogP contribution is -2.17. The maximum Gasteiger partial charge on any atom is 0.338 e.